The van der Waals surface area contributed by atoms with Crippen molar-refractivity contribution in [3.63, 3.8) is 0 Å². The van der Waals surface area contributed by atoms with Gasteiger partial charge in [-0.2, -0.15) is 14.8 Å². The molecule has 3 rings (SSSR count). The molecule has 3 aromatic rings. The van der Waals surface area contributed by atoms with Crippen molar-refractivity contribution in [2.75, 3.05) is 12.8 Å². The summed E-state index contributed by atoms with van der Waals surface area (Å²) in [6, 6.07) is 0. The van der Waals surface area contributed by atoms with Gasteiger partial charge in [0.05, 0.1) is 13.3 Å². The predicted octanol–water partition coefficient (Wildman–Crippen LogP) is 1.39. The van der Waals surface area contributed by atoms with Gasteiger partial charge >= 0.3 is 0 Å². The Morgan fingerprint density at radius 3 is 2.80 bits per heavy atom. The fraction of sp³-hybridized carbons (Fsp3) is 0.273. The van der Waals surface area contributed by atoms with Crippen LogP contribution in [0.1, 0.15) is 6.92 Å². The summed E-state index contributed by atoms with van der Waals surface area (Å²) >= 11 is 3.38. The number of nitrogens with two attached hydrogens (primary N) is 1. The number of aromatic nitrogens is 6. The van der Waals surface area contributed by atoms with Gasteiger partial charge in [-0.1, -0.05) is 0 Å². The summed E-state index contributed by atoms with van der Waals surface area (Å²) in [6.07, 6.45) is 3.06. The Balaban J connectivity index is 2.38. The quantitative estimate of drug-likeness (QED) is 0.725. The van der Waals surface area contributed by atoms with E-state index in [2.05, 4.69) is 36.0 Å². The molecule has 20 heavy (non-hydrogen) atoms. The van der Waals surface area contributed by atoms with Crippen LogP contribution in [0.15, 0.2) is 17.1 Å². The topological polar surface area (TPSA) is 96.7 Å². The Bertz CT molecular complexity index is 779. The highest BCUT2D eigenvalue weighted by Gasteiger charge is 2.19. The molecule has 0 spiro atoms. The number of ether oxygens (including phenoxy) is 1. The van der Waals surface area contributed by atoms with E-state index in [0.29, 0.717) is 28.4 Å². The lowest BCUT2D eigenvalue weighted by atomic mass is 10.4. The number of methoxy groups -OCH3 is 1. The van der Waals surface area contributed by atoms with Gasteiger partial charge in [-0.25, -0.2) is 9.97 Å². The summed E-state index contributed by atoms with van der Waals surface area (Å²) in [6.45, 7) is 2.68. The summed E-state index contributed by atoms with van der Waals surface area (Å²) in [7, 11) is 1.59. The first kappa shape index (κ1) is 12.9. The van der Waals surface area contributed by atoms with Gasteiger partial charge in [-0.3, -0.25) is 0 Å². The van der Waals surface area contributed by atoms with Crippen LogP contribution in [0.2, 0.25) is 0 Å². The second-order valence-electron chi connectivity index (χ2n) is 4.00. The van der Waals surface area contributed by atoms with Crippen molar-refractivity contribution in [1.29, 1.82) is 0 Å². The van der Waals surface area contributed by atoms with Gasteiger partial charge in [-0.05, 0) is 22.9 Å². The van der Waals surface area contributed by atoms with E-state index < -0.39 is 0 Å². The maximum absolute atomic E-state index is 5.80. The molecule has 0 saturated heterocycles. The molecule has 0 radical (unpaired) electrons. The van der Waals surface area contributed by atoms with Crippen LogP contribution in [0.4, 0.5) is 5.95 Å². The molecule has 3 aromatic heterocycles. The zero-order valence-corrected chi connectivity index (χ0v) is 12.5. The lowest BCUT2D eigenvalue weighted by Crippen LogP contribution is -2.10. The van der Waals surface area contributed by atoms with E-state index in [-0.39, 0.29) is 5.95 Å². The monoisotopic (exact) mass is 337 g/mol. The molecule has 8 nitrogen and oxygen atoms in total. The van der Waals surface area contributed by atoms with Crippen LogP contribution < -0.4 is 10.5 Å². The first-order chi connectivity index (χ1) is 9.67. The van der Waals surface area contributed by atoms with Crippen molar-refractivity contribution < 1.29 is 4.74 Å². The number of fused-ring (bicyclic) bond motifs is 1. The number of imidazole rings is 1. The van der Waals surface area contributed by atoms with Gasteiger partial charge in [0, 0.05) is 6.54 Å². The largest absolute Gasteiger partial charge is 0.492 e. The average Bonchev–Trinajstić information content (AvgIpc) is 3.01. The van der Waals surface area contributed by atoms with E-state index in [9.17, 15) is 0 Å². The summed E-state index contributed by atoms with van der Waals surface area (Å²) in [5.74, 6) is 1.48. The van der Waals surface area contributed by atoms with Gasteiger partial charge < -0.3 is 15.0 Å². The molecule has 0 atom stereocenters. The molecule has 0 unspecified atom stereocenters. The minimum Gasteiger partial charge on any atom is -0.492 e. The van der Waals surface area contributed by atoms with Gasteiger partial charge in [0.25, 0.3) is 0 Å². The van der Waals surface area contributed by atoms with Crippen LogP contribution in [-0.2, 0) is 6.54 Å². The summed E-state index contributed by atoms with van der Waals surface area (Å²) in [5.41, 5.74) is 7.34. The van der Waals surface area contributed by atoms with E-state index >= 15 is 0 Å². The predicted molar refractivity (Wildman–Crippen MR) is 76.8 cm³/mol. The highest BCUT2D eigenvalue weighted by atomic mass is 79.9. The molecule has 104 valence electrons. The Morgan fingerprint density at radius 2 is 2.20 bits per heavy atom. The van der Waals surface area contributed by atoms with E-state index in [0.717, 1.165) is 5.52 Å². The number of rotatable bonds is 3. The molecule has 0 amide bonds. The first-order valence-corrected chi connectivity index (χ1v) is 6.71. The van der Waals surface area contributed by atoms with Crippen molar-refractivity contribution in [2.45, 2.75) is 13.5 Å². The minimum absolute atomic E-state index is 0.279. The number of nitrogens with zero attached hydrogens (tertiary/aromatic N) is 6. The van der Waals surface area contributed by atoms with E-state index in [1.165, 1.54) is 11.0 Å². The smallest absolute Gasteiger partial charge is 0.235 e. The molecular formula is C11H12BrN7O. The molecule has 0 aromatic carbocycles. The number of aryl methyl sites for hydroxylation is 1. The second-order valence-corrected chi connectivity index (χ2v) is 4.75. The van der Waals surface area contributed by atoms with Crippen LogP contribution in [0, 0.1) is 0 Å². The molecule has 0 bridgehead atoms. The van der Waals surface area contributed by atoms with Crippen molar-refractivity contribution in [3.8, 4) is 11.7 Å². The number of hydrogen-bond acceptors (Lipinski definition) is 6. The Kier molecular flexibility index (Phi) is 3.05. The maximum Gasteiger partial charge on any atom is 0.235 e. The number of pyridine rings is 1. The lowest BCUT2D eigenvalue weighted by Gasteiger charge is -2.09. The molecule has 0 saturated carbocycles. The maximum atomic E-state index is 5.80. The van der Waals surface area contributed by atoms with Gasteiger partial charge in [0.2, 0.25) is 11.9 Å². The van der Waals surface area contributed by atoms with E-state index in [1.807, 2.05) is 11.5 Å². The molecule has 2 N–H and O–H groups in total. The summed E-state index contributed by atoms with van der Waals surface area (Å²) in [4.78, 5) is 12.6. The fourth-order valence-electron chi connectivity index (χ4n) is 2.11. The SMILES string of the molecule is CCn1c(-n2ncnc2N)nc2cnc(Br)c(OC)c21. The van der Waals surface area contributed by atoms with Crippen molar-refractivity contribution in [2.24, 2.45) is 0 Å². The van der Waals surface area contributed by atoms with Crippen LogP contribution >= 0.6 is 15.9 Å². The molecule has 0 aliphatic rings. The molecule has 3 heterocycles. The molecule has 0 aliphatic carbocycles. The first-order valence-electron chi connectivity index (χ1n) is 5.92. The van der Waals surface area contributed by atoms with Crippen molar-refractivity contribution in [1.82, 2.24) is 29.3 Å². The highest BCUT2D eigenvalue weighted by Crippen LogP contribution is 2.33. The van der Waals surface area contributed by atoms with Crippen molar-refractivity contribution >= 4 is 32.9 Å². The normalized spacial score (nSPS) is 11.2. The average molecular weight is 338 g/mol. The number of halogens is 1. The van der Waals surface area contributed by atoms with Crippen molar-refractivity contribution in [3.05, 3.63) is 17.1 Å². The third-order valence-electron chi connectivity index (χ3n) is 2.96. The zero-order valence-electron chi connectivity index (χ0n) is 10.9. The molecule has 0 aliphatic heterocycles. The Hall–Kier alpha value is -2.16. The number of hydrogen-bond donors (Lipinski definition) is 1. The minimum atomic E-state index is 0.279. The molecular weight excluding hydrogens is 326 g/mol. The number of anilines is 1. The van der Waals surface area contributed by atoms with Crippen LogP contribution in [0.5, 0.6) is 5.75 Å². The summed E-state index contributed by atoms with van der Waals surface area (Å²) in [5, 5.41) is 4.09. The van der Waals surface area contributed by atoms with Gasteiger partial charge in [0.15, 0.2) is 5.75 Å². The second kappa shape index (κ2) is 4.75. The zero-order chi connectivity index (χ0) is 14.3. The standard InChI is InChI=1S/C11H12BrN7O/c1-3-18-7-6(4-14-9(12)8(7)20-2)17-11(18)19-10(13)15-5-16-19/h4-5H,3H2,1-2H3,(H2,13,15,16). The third kappa shape index (κ3) is 1.73. The molecule has 9 heteroatoms. The lowest BCUT2D eigenvalue weighted by molar-refractivity contribution is 0.412. The van der Waals surface area contributed by atoms with E-state index in [1.54, 1.807) is 13.3 Å². The number of nitrogen functional groups attached to an aromatic ring is 1. The van der Waals surface area contributed by atoms with Crippen LogP contribution in [0.3, 0.4) is 0 Å². The Morgan fingerprint density at radius 1 is 1.40 bits per heavy atom. The highest BCUT2D eigenvalue weighted by molar-refractivity contribution is 9.10. The van der Waals surface area contributed by atoms with Gasteiger partial charge in [0.1, 0.15) is 22.0 Å². The van der Waals surface area contributed by atoms with E-state index in [4.69, 9.17) is 10.5 Å². The fourth-order valence-corrected chi connectivity index (χ4v) is 2.56. The summed E-state index contributed by atoms with van der Waals surface area (Å²) < 4.78 is 9.47. The van der Waals surface area contributed by atoms with Crippen LogP contribution in [0.25, 0.3) is 17.0 Å². The van der Waals surface area contributed by atoms with Gasteiger partial charge in [-0.15, -0.1) is 0 Å². The Labute approximate surface area is 122 Å². The molecule has 0 fully saturated rings. The third-order valence-corrected chi connectivity index (χ3v) is 3.53. The van der Waals surface area contributed by atoms with Crippen LogP contribution in [-0.4, -0.2) is 36.4 Å².